The molecule has 0 saturated heterocycles. The van der Waals surface area contributed by atoms with Crippen molar-refractivity contribution in [3.05, 3.63) is 47.2 Å². The normalized spacial score (nSPS) is 14.8. The molecule has 0 aliphatic carbocycles. The van der Waals surface area contributed by atoms with Crippen LogP contribution in [0, 0.1) is 0 Å². The lowest BCUT2D eigenvalue weighted by Gasteiger charge is -2.04. The van der Waals surface area contributed by atoms with Gasteiger partial charge in [0, 0.05) is 0 Å². The fraction of sp³-hybridized carbons (Fsp3) is 0.231. The molecule has 88 valence electrons. The molecule has 1 aromatic carbocycles. The highest BCUT2D eigenvalue weighted by Gasteiger charge is 2.29. The van der Waals surface area contributed by atoms with E-state index in [1.165, 1.54) is 0 Å². The zero-order valence-electron chi connectivity index (χ0n) is 9.43. The number of Topliss-reactive ketones (excluding diaryl/α,β-unsaturated/α-hetero) is 1. The number of hydrogen-bond acceptors (Lipinski definition) is 4. The number of carbonyl (C=O) groups is 2. The molecule has 1 heterocycles. The molecule has 0 unspecified atom stereocenters. The molecule has 2 rings (SSSR count). The van der Waals surface area contributed by atoms with Crippen LogP contribution in [0.2, 0.25) is 0 Å². The van der Waals surface area contributed by atoms with E-state index in [1.54, 1.807) is 6.92 Å². The van der Waals surface area contributed by atoms with Gasteiger partial charge in [0.05, 0.1) is 0 Å². The third kappa shape index (κ3) is 2.53. The Labute approximate surface area is 98.8 Å². The predicted molar refractivity (Wildman–Crippen MR) is 59.9 cm³/mol. The van der Waals surface area contributed by atoms with Crippen LogP contribution < -0.4 is 0 Å². The number of benzene rings is 1. The second kappa shape index (κ2) is 4.82. The van der Waals surface area contributed by atoms with Gasteiger partial charge in [0.1, 0.15) is 17.9 Å². The van der Waals surface area contributed by atoms with Crippen LogP contribution in [0.5, 0.6) is 0 Å². The molecule has 0 radical (unpaired) electrons. The first-order valence-corrected chi connectivity index (χ1v) is 5.26. The Morgan fingerprint density at radius 1 is 1.35 bits per heavy atom. The van der Waals surface area contributed by atoms with E-state index in [2.05, 4.69) is 0 Å². The lowest BCUT2D eigenvalue weighted by molar-refractivity contribution is -0.141. The third-order valence-electron chi connectivity index (χ3n) is 2.47. The fourth-order valence-electron chi connectivity index (χ4n) is 1.57. The van der Waals surface area contributed by atoms with Gasteiger partial charge >= 0.3 is 5.97 Å². The summed E-state index contributed by atoms with van der Waals surface area (Å²) in [7, 11) is 0. The first-order chi connectivity index (χ1) is 8.18. The lowest BCUT2D eigenvalue weighted by atomic mass is 10.2. The molecular formula is C13H12O4. The highest BCUT2D eigenvalue weighted by molar-refractivity contribution is 6.19. The summed E-state index contributed by atoms with van der Waals surface area (Å²) in [6, 6.07) is 9.30. The molecule has 4 nitrogen and oxygen atoms in total. The van der Waals surface area contributed by atoms with Crippen molar-refractivity contribution in [1.29, 1.82) is 0 Å². The topological polar surface area (TPSA) is 52.6 Å². The number of rotatable bonds is 3. The predicted octanol–water partition coefficient (Wildman–Crippen LogP) is 1.60. The Kier molecular flexibility index (Phi) is 3.23. The lowest BCUT2D eigenvalue weighted by Crippen LogP contribution is -2.14. The number of allylic oxidation sites excluding steroid dienone is 1. The van der Waals surface area contributed by atoms with Crippen molar-refractivity contribution >= 4 is 11.8 Å². The van der Waals surface area contributed by atoms with Crippen molar-refractivity contribution in [1.82, 2.24) is 0 Å². The summed E-state index contributed by atoms with van der Waals surface area (Å²) in [5, 5.41) is 0. The molecule has 0 amide bonds. The SMILES string of the molecule is CC1=C(C(=O)OCc2ccccc2)C(=O)CO1. The van der Waals surface area contributed by atoms with E-state index in [0.717, 1.165) is 5.56 Å². The van der Waals surface area contributed by atoms with Gasteiger partial charge in [-0.05, 0) is 12.5 Å². The molecule has 17 heavy (non-hydrogen) atoms. The molecule has 0 N–H and O–H groups in total. The second-order valence-electron chi connectivity index (χ2n) is 3.70. The maximum atomic E-state index is 11.7. The summed E-state index contributed by atoms with van der Waals surface area (Å²) in [5.74, 6) is -0.595. The van der Waals surface area contributed by atoms with E-state index in [0.29, 0.717) is 5.76 Å². The van der Waals surface area contributed by atoms with E-state index < -0.39 is 5.97 Å². The average molecular weight is 232 g/mol. The molecule has 0 fully saturated rings. The summed E-state index contributed by atoms with van der Waals surface area (Å²) in [5.41, 5.74) is 0.909. The van der Waals surface area contributed by atoms with Crippen molar-refractivity contribution in [2.75, 3.05) is 6.61 Å². The van der Waals surface area contributed by atoms with Gasteiger partial charge in [-0.25, -0.2) is 4.79 Å². The summed E-state index contributed by atoms with van der Waals surface area (Å²) in [4.78, 5) is 23.0. The van der Waals surface area contributed by atoms with Gasteiger partial charge in [-0.2, -0.15) is 0 Å². The monoisotopic (exact) mass is 232 g/mol. The van der Waals surface area contributed by atoms with Crippen LogP contribution in [0.15, 0.2) is 41.7 Å². The summed E-state index contributed by atoms with van der Waals surface area (Å²) < 4.78 is 10.0. The van der Waals surface area contributed by atoms with Gasteiger partial charge in [0.2, 0.25) is 5.78 Å². The van der Waals surface area contributed by atoms with Gasteiger partial charge in [0.25, 0.3) is 0 Å². The Balaban J connectivity index is 1.99. The van der Waals surface area contributed by atoms with E-state index in [-0.39, 0.29) is 24.6 Å². The molecule has 0 saturated carbocycles. The van der Waals surface area contributed by atoms with Crippen molar-refractivity contribution in [3.8, 4) is 0 Å². The average Bonchev–Trinajstić information content (AvgIpc) is 2.67. The summed E-state index contributed by atoms with van der Waals surface area (Å²) >= 11 is 0. The van der Waals surface area contributed by atoms with Crippen LogP contribution in [0.1, 0.15) is 12.5 Å². The Hall–Kier alpha value is -2.10. The van der Waals surface area contributed by atoms with Gasteiger partial charge in [-0.1, -0.05) is 30.3 Å². The zero-order chi connectivity index (χ0) is 12.3. The molecule has 0 aromatic heterocycles. The minimum absolute atomic E-state index is 0.0286. The maximum Gasteiger partial charge on any atom is 0.345 e. The quantitative estimate of drug-likeness (QED) is 0.586. The third-order valence-corrected chi connectivity index (χ3v) is 2.47. The second-order valence-corrected chi connectivity index (χ2v) is 3.70. The molecule has 0 bridgehead atoms. The molecular weight excluding hydrogens is 220 g/mol. The fourth-order valence-corrected chi connectivity index (χ4v) is 1.57. The van der Waals surface area contributed by atoms with Gasteiger partial charge < -0.3 is 9.47 Å². The Bertz CT molecular complexity index is 473. The molecule has 1 aliphatic rings. The highest BCUT2D eigenvalue weighted by atomic mass is 16.5. The first-order valence-electron chi connectivity index (χ1n) is 5.26. The van der Waals surface area contributed by atoms with E-state index in [4.69, 9.17) is 9.47 Å². The van der Waals surface area contributed by atoms with E-state index >= 15 is 0 Å². The molecule has 0 atom stereocenters. The van der Waals surface area contributed by atoms with Crippen molar-refractivity contribution in [3.63, 3.8) is 0 Å². The van der Waals surface area contributed by atoms with Crippen LogP contribution in [0.25, 0.3) is 0 Å². The van der Waals surface area contributed by atoms with Gasteiger partial charge in [0.15, 0.2) is 6.61 Å². The molecule has 0 spiro atoms. The number of ether oxygens (including phenoxy) is 2. The van der Waals surface area contributed by atoms with Gasteiger partial charge in [-0.15, -0.1) is 0 Å². The summed E-state index contributed by atoms with van der Waals surface area (Å²) in [6.07, 6.45) is 0. The number of hydrogen-bond donors (Lipinski definition) is 0. The van der Waals surface area contributed by atoms with Gasteiger partial charge in [-0.3, -0.25) is 4.79 Å². The molecule has 4 heteroatoms. The van der Waals surface area contributed by atoms with Crippen molar-refractivity contribution in [2.45, 2.75) is 13.5 Å². The van der Waals surface area contributed by atoms with Crippen LogP contribution in [-0.4, -0.2) is 18.4 Å². The van der Waals surface area contributed by atoms with Crippen molar-refractivity contribution in [2.24, 2.45) is 0 Å². The highest BCUT2D eigenvalue weighted by Crippen LogP contribution is 2.17. The summed E-state index contributed by atoms with van der Waals surface area (Å²) in [6.45, 7) is 1.68. The maximum absolute atomic E-state index is 11.7. The standard InChI is InChI=1S/C13H12O4/c1-9-12(11(14)8-16-9)13(15)17-7-10-5-3-2-4-6-10/h2-6H,7-8H2,1H3. The minimum atomic E-state index is -0.617. The number of carbonyl (C=O) groups excluding carboxylic acids is 2. The largest absolute Gasteiger partial charge is 0.489 e. The Morgan fingerprint density at radius 2 is 2.06 bits per heavy atom. The van der Waals surface area contributed by atoms with E-state index in [1.807, 2.05) is 30.3 Å². The van der Waals surface area contributed by atoms with Crippen LogP contribution in [-0.2, 0) is 25.7 Å². The van der Waals surface area contributed by atoms with Crippen molar-refractivity contribution < 1.29 is 19.1 Å². The Morgan fingerprint density at radius 3 is 2.65 bits per heavy atom. The van der Waals surface area contributed by atoms with Crippen LogP contribution in [0.3, 0.4) is 0 Å². The first kappa shape index (κ1) is 11.4. The minimum Gasteiger partial charge on any atom is -0.489 e. The smallest absolute Gasteiger partial charge is 0.345 e. The number of ketones is 1. The van der Waals surface area contributed by atoms with E-state index in [9.17, 15) is 9.59 Å². The zero-order valence-corrected chi connectivity index (χ0v) is 9.43. The molecule has 1 aliphatic heterocycles. The van der Waals surface area contributed by atoms with Crippen LogP contribution >= 0.6 is 0 Å². The number of esters is 1. The molecule has 1 aromatic rings. The van der Waals surface area contributed by atoms with Crippen LogP contribution in [0.4, 0.5) is 0 Å².